The molecular weight excluding hydrogens is 407 g/mol. The van der Waals surface area contributed by atoms with Crippen LogP contribution in [0.3, 0.4) is 0 Å². The smallest absolute Gasteiger partial charge is 0.355 e. The third kappa shape index (κ3) is 5.56. The SMILES string of the molecule is CCCNC(=O)CN1CCN(S(=O)(=O)c2ccc(Cl)c(C(F)(F)F)c2)CC1. The van der Waals surface area contributed by atoms with Crippen molar-refractivity contribution in [3.8, 4) is 0 Å². The molecule has 0 bridgehead atoms. The maximum atomic E-state index is 13.0. The lowest BCUT2D eigenvalue weighted by Crippen LogP contribution is -2.51. The van der Waals surface area contributed by atoms with Crippen molar-refractivity contribution < 1.29 is 26.4 Å². The molecule has 0 unspecified atom stereocenters. The zero-order chi connectivity index (χ0) is 20.2. The highest BCUT2D eigenvalue weighted by atomic mass is 35.5. The van der Waals surface area contributed by atoms with E-state index in [-0.39, 0.29) is 25.5 Å². The highest BCUT2D eigenvalue weighted by Gasteiger charge is 2.36. The molecule has 1 fully saturated rings. The van der Waals surface area contributed by atoms with E-state index in [0.717, 1.165) is 22.9 Å². The van der Waals surface area contributed by atoms with E-state index in [2.05, 4.69) is 5.32 Å². The van der Waals surface area contributed by atoms with Gasteiger partial charge in [0.05, 0.1) is 22.0 Å². The van der Waals surface area contributed by atoms with Crippen LogP contribution in [-0.4, -0.2) is 62.8 Å². The van der Waals surface area contributed by atoms with Gasteiger partial charge in [-0.3, -0.25) is 9.69 Å². The van der Waals surface area contributed by atoms with Crippen molar-refractivity contribution in [2.75, 3.05) is 39.3 Å². The molecule has 0 spiro atoms. The lowest BCUT2D eigenvalue weighted by Gasteiger charge is -2.33. The maximum Gasteiger partial charge on any atom is 0.417 e. The van der Waals surface area contributed by atoms with Crippen molar-refractivity contribution in [2.45, 2.75) is 24.4 Å². The number of nitrogens with one attached hydrogen (secondary N) is 1. The summed E-state index contributed by atoms with van der Waals surface area (Å²) in [6, 6.07) is 2.56. The second-order valence-corrected chi connectivity index (χ2v) is 8.51. The van der Waals surface area contributed by atoms with E-state index in [0.29, 0.717) is 25.7 Å². The number of halogens is 4. The van der Waals surface area contributed by atoms with Crippen LogP contribution in [0.15, 0.2) is 23.1 Å². The number of hydrogen-bond donors (Lipinski definition) is 1. The average molecular weight is 428 g/mol. The van der Waals surface area contributed by atoms with Gasteiger partial charge in [-0.2, -0.15) is 17.5 Å². The van der Waals surface area contributed by atoms with Crippen LogP contribution in [0.4, 0.5) is 13.2 Å². The molecule has 0 atom stereocenters. The summed E-state index contributed by atoms with van der Waals surface area (Å²) in [6.45, 7) is 3.49. The Hall–Kier alpha value is -1.36. The third-order valence-electron chi connectivity index (χ3n) is 4.15. The van der Waals surface area contributed by atoms with Crippen molar-refractivity contribution in [2.24, 2.45) is 0 Å². The molecule has 1 heterocycles. The Morgan fingerprint density at radius 1 is 1.22 bits per heavy atom. The first-order chi connectivity index (χ1) is 12.6. The Kier molecular flexibility index (Phi) is 7.12. The normalized spacial score (nSPS) is 17.1. The highest BCUT2D eigenvalue weighted by Crippen LogP contribution is 2.36. The lowest BCUT2D eigenvalue weighted by atomic mass is 10.2. The van der Waals surface area contributed by atoms with Crippen LogP contribution in [0.5, 0.6) is 0 Å². The molecule has 27 heavy (non-hydrogen) atoms. The van der Waals surface area contributed by atoms with E-state index in [4.69, 9.17) is 11.6 Å². The molecule has 1 saturated heterocycles. The second kappa shape index (κ2) is 8.76. The predicted molar refractivity (Wildman–Crippen MR) is 95.0 cm³/mol. The van der Waals surface area contributed by atoms with E-state index >= 15 is 0 Å². The Bertz CT molecular complexity index is 779. The molecule has 0 aromatic heterocycles. The van der Waals surface area contributed by atoms with E-state index < -0.39 is 31.7 Å². The van der Waals surface area contributed by atoms with Gasteiger partial charge in [-0.1, -0.05) is 18.5 Å². The molecule has 1 aliphatic heterocycles. The van der Waals surface area contributed by atoms with E-state index in [1.54, 1.807) is 4.90 Å². The van der Waals surface area contributed by atoms with Crippen molar-refractivity contribution in [3.05, 3.63) is 28.8 Å². The quantitative estimate of drug-likeness (QED) is 0.755. The molecule has 0 aliphatic carbocycles. The summed E-state index contributed by atoms with van der Waals surface area (Å²) in [7, 11) is -4.08. The van der Waals surface area contributed by atoms with Gasteiger partial charge in [0.25, 0.3) is 0 Å². The number of carbonyl (C=O) groups is 1. The van der Waals surface area contributed by atoms with Crippen LogP contribution in [0.25, 0.3) is 0 Å². The molecule has 0 saturated carbocycles. The fourth-order valence-electron chi connectivity index (χ4n) is 2.68. The first-order valence-corrected chi connectivity index (χ1v) is 10.2. The number of carbonyl (C=O) groups excluding carboxylic acids is 1. The molecular formula is C16H21ClF3N3O3S. The molecule has 1 amide bonds. The summed E-state index contributed by atoms with van der Waals surface area (Å²) in [5.41, 5.74) is -1.18. The van der Waals surface area contributed by atoms with Gasteiger partial charge in [-0.05, 0) is 24.6 Å². The molecule has 152 valence electrons. The van der Waals surface area contributed by atoms with Gasteiger partial charge >= 0.3 is 6.18 Å². The number of amides is 1. The first-order valence-electron chi connectivity index (χ1n) is 8.41. The Morgan fingerprint density at radius 2 is 1.85 bits per heavy atom. The van der Waals surface area contributed by atoms with Crippen molar-refractivity contribution in [1.82, 2.24) is 14.5 Å². The van der Waals surface area contributed by atoms with Gasteiger partial charge in [-0.25, -0.2) is 8.42 Å². The molecule has 11 heteroatoms. The first kappa shape index (κ1) is 21.9. The van der Waals surface area contributed by atoms with Crippen LogP contribution in [0, 0.1) is 0 Å². The molecule has 1 N–H and O–H groups in total. The molecule has 6 nitrogen and oxygen atoms in total. The molecule has 2 rings (SSSR count). The standard InChI is InChI=1S/C16H21ClF3N3O3S/c1-2-5-21-15(24)11-22-6-8-23(9-7-22)27(25,26)12-3-4-14(17)13(10-12)16(18,19)20/h3-4,10H,2,5-9,11H2,1H3,(H,21,24). The third-order valence-corrected chi connectivity index (χ3v) is 6.38. The molecule has 1 aromatic rings. The maximum absolute atomic E-state index is 13.0. The lowest BCUT2D eigenvalue weighted by molar-refractivity contribution is -0.137. The Morgan fingerprint density at radius 3 is 2.41 bits per heavy atom. The largest absolute Gasteiger partial charge is 0.417 e. The van der Waals surface area contributed by atoms with Gasteiger partial charge in [0.15, 0.2) is 0 Å². The summed E-state index contributed by atoms with van der Waals surface area (Å²) >= 11 is 5.55. The van der Waals surface area contributed by atoms with Crippen LogP contribution >= 0.6 is 11.6 Å². The second-order valence-electron chi connectivity index (χ2n) is 6.17. The van der Waals surface area contributed by atoms with Crippen molar-refractivity contribution in [1.29, 1.82) is 0 Å². The van der Waals surface area contributed by atoms with E-state index in [1.165, 1.54) is 0 Å². The van der Waals surface area contributed by atoms with Gasteiger partial charge < -0.3 is 5.32 Å². The fourth-order valence-corrected chi connectivity index (χ4v) is 4.36. The van der Waals surface area contributed by atoms with Crippen LogP contribution < -0.4 is 5.32 Å². The number of benzene rings is 1. The van der Waals surface area contributed by atoms with E-state index in [9.17, 15) is 26.4 Å². The monoisotopic (exact) mass is 427 g/mol. The van der Waals surface area contributed by atoms with Crippen molar-refractivity contribution in [3.63, 3.8) is 0 Å². The number of piperazine rings is 1. The molecule has 1 aromatic carbocycles. The van der Waals surface area contributed by atoms with Crippen LogP contribution in [0.1, 0.15) is 18.9 Å². The van der Waals surface area contributed by atoms with Gasteiger partial charge in [-0.15, -0.1) is 0 Å². The topological polar surface area (TPSA) is 69.7 Å². The van der Waals surface area contributed by atoms with Crippen LogP contribution in [0.2, 0.25) is 5.02 Å². The van der Waals surface area contributed by atoms with Gasteiger partial charge in [0.2, 0.25) is 15.9 Å². The van der Waals surface area contributed by atoms with Gasteiger partial charge in [0.1, 0.15) is 0 Å². The van der Waals surface area contributed by atoms with Crippen LogP contribution in [-0.2, 0) is 21.0 Å². The predicted octanol–water partition coefficient (Wildman–Crippen LogP) is 2.19. The minimum atomic E-state index is -4.74. The Labute approximate surface area is 161 Å². The summed E-state index contributed by atoms with van der Waals surface area (Å²) in [4.78, 5) is 13.1. The summed E-state index contributed by atoms with van der Waals surface area (Å²) in [5.74, 6) is -0.138. The zero-order valence-electron chi connectivity index (χ0n) is 14.7. The number of rotatable bonds is 6. The highest BCUT2D eigenvalue weighted by molar-refractivity contribution is 7.89. The summed E-state index contributed by atoms with van der Waals surface area (Å²) in [6.07, 6.45) is -3.92. The number of sulfonamides is 1. The Balaban J connectivity index is 2.06. The van der Waals surface area contributed by atoms with Crippen molar-refractivity contribution >= 4 is 27.5 Å². The minimum absolute atomic E-state index is 0.0906. The fraction of sp³-hybridized carbons (Fsp3) is 0.562. The minimum Gasteiger partial charge on any atom is -0.355 e. The number of nitrogens with zero attached hydrogens (tertiary/aromatic N) is 2. The zero-order valence-corrected chi connectivity index (χ0v) is 16.3. The number of alkyl halides is 3. The van der Waals surface area contributed by atoms with Gasteiger partial charge in [0, 0.05) is 32.7 Å². The number of hydrogen-bond acceptors (Lipinski definition) is 4. The van der Waals surface area contributed by atoms with E-state index in [1.807, 2.05) is 6.92 Å². The average Bonchev–Trinajstić information content (AvgIpc) is 2.59. The summed E-state index contributed by atoms with van der Waals surface area (Å²) in [5, 5.41) is 2.19. The summed E-state index contributed by atoms with van der Waals surface area (Å²) < 4.78 is 65.4. The molecule has 1 aliphatic rings. The molecule has 0 radical (unpaired) electrons.